The maximum absolute atomic E-state index is 5.47. The molecule has 1 N–H and O–H groups in total. The molecule has 3 rings (SSSR count). The third kappa shape index (κ3) is 6.05. The Kier molecular flexibility index (Phi) is 8.52. The number of halogens is 1. The van der Waals surface area contributed by atoms with Crippen molar-refractivity contribution < 1.29 is 4.74 Å². The van der Waals surface area contributed by atoms with Crippen molar-refractivity contribution >= 4 is 41.5 Å². The molecule has 0 radical (unpaired) electrons. The van der Waals surface area contributed by atoms with Crippen LogP contribution in [0.15, 0.2) is 40.3 Å². The van der Waals surface area contributed by atoms with Gasteiger partial charge in [-0.3, -0.25) is 4.99 Å². The molecular weight excluding hydrogens is 415 g/mol. The summed E-state index contributed by atoms with van der Waals surface area (Å²) < 4.78 is 5.47. The van der Waals surface area contributed by atoms with Gasteiger partial charge >= 0.3 is 0 Å². The first-order chi connectivity index (χ1) is 11.4. The van der Waals surface area contributed by atoms with Crippen molar-refractivity contribution in [1.82, 2.24) is 4.90 Å². The number of nitrogens with zero attached hydrogens (tertiary/aromatic N) is 3. The number of hydrogen-bond donors (Lipinski definition) is 1. The largest absolute Gasteiger partial charge is 0.378 e. The second-order valence-electron chi connectivity index (χ2n) is 5.99. The van der Waals surface area contributed by atoms with Crippen LogP contribution in [-0.4, -0.2) is 49.5 Å². The second-order valence-corrected chi connectivity index (χ2v) is 5.99. The molecule has 0 aliphatic carbocycles. The molecule has 1 fully saturated rings. The third-order valence-corrected chi connectivity index (χ3v) is 4.18. The number of morpholine rings is 1. The number of benzene rings is 1. The highest BCUT2D eigenvalue weighted by Gasteiger charge is 2.16. The summed E-state index contributed by atoms with van der Waals surface area (Å²) in [5, 5.41) is 3.47. The summed E-state index contributed by atoms with van der Waals surface area (Å²) in [5.41, 5.74) is 1.06. The Balaban J connectivity index is 0.00000208. The van der Waals surface area contributed by atoms with Crippen molar-refractivity contribution in [2.75, 3.05) is 38.2 Å². The molecule has 1 saturated heterocycles. The lowest BCUT2D eigenvalue weighted by molar-refractivity contribution is 0.0681. The number of para-hydroxylation sites is 1. The van der Waals surface area contributed by atoms with Crippen LogP contribution in [0, 0.1) is 0 Å². The van der Waals surface area contributed by atoms with Crippen LogP contribution in [0.5, 0.6) is 0 Å². The Morgan fingerprint density at radius 2 is 1.79 bits per heavy atom. The molecule has 1 aromatic carbocycles. The first-order valence-corrected chi connectivity index (χ1v) is 8.68. The zero-order valence-corrected chi connectivity index (χ0v) is 16.4. The number of ether oxygens (including phenoxy) is 1. The van der Waals surface area contributed by atoms with Gasteiger partial charge in [0.15, 0.2) is 0 Å². The van der Waals surface area contributed by atoms with Gasteiger partial charge < -0.3 is 15.0 Å². The quantitative estimate of drug-likeness (QED) is 0.409. The smallest absolute Gasteiger partial charge is 0.205 e. The van der Waals surface area contributed by atoms with Crippen molar-refractivity contribution in [2.24, 2.45) is 9.98 Å². The minimum absolute atomic E-state index is 0. The van der Waals surface area contributed by atoms with Gasteiger partial charge in [0.1, 0.15) is 5.84 Å². The van der Waals surface area contributed by atoms with Gasteiger partial charge in [0, 0.05) is 31.7 Å². The first-order valence-electron chi connectivity index (χ1n) is 8.68. The van der Waals surface area contributed by atoms with Crippen molar-refractivity contribution in [3.05, 3.63) is 30.3 Å². The Morgan fingerprint density at radius 1 is 1.04 bits per heavy atom. The summed E-state index contributed by atoms with van der Waals surface area (Å²) in [6, 6.07) is 10.2. The first kappa shape index (κ1) is 19.2. The molecule has 0 spiro atoms. The van der Waals surface area contributed by atoms with E-state index in [1.54, 1.807) is 0 Å². The SMILES string of the molecule is I.c1ccc(NC(=NC2=NCCCCCC2)N2CCOCC2)cc1. The van der Waals surface area contributed by atoms with E-state index in [9.17, 15) is 0 Å². The number of anilines is 1. The fourth-order valence-electron chi connectivity index (χ4n) is 2.85. The lowest BCUT2D eigenvalue weighted by Crippen LogP contribution is -2.44. The molecule has 0 unspecified atom stereocenters. The summed E-state index contributed by atoms with van der Waals surface area (Å²) in [6.45, 7) is 4.14. The highest BCUT2D eigenvalue weighted by atomic mass is 127. The predicted octanol–water partition coefficient (Wildman–Crippen LogP) is 3.77. The molecule has 6 heteroatoms. The van der Waals surface area contributed by atoms with Gasteiger partial charge in [-0.05, 0) is 25.0 Å². The van der Waals surface area contributed by atoms with E-state index < -0.39 is 0 Å². The van der Waals surface area contributed by atoms with Crippen LogP contribution in [-0.2, 0) is 4.74 Å². The molecule has 0 amide bonds. The molecule has 1 aromatic rings. The zero-order valence-electron chi connectivity index (χ0n) is 14.1. The van der Waals surface area contributed by atoms with Crippen LogP contribution >= 0.6 is 24.0 Å². The number of nitrogens with one attached hydrogen (secondary N) is 1. The molecule has 2 aliphatic heterocycles. The van der Waals surface area contributed by atoms with Gasteiger partial charge in [0.25, 0.3) is 0 Å². The summed E-state index contributed by atoms with van der Waals surface area (Å²) in [4.78, 5) is 11.8. The van der Waals surface area contributed by atoms with Crippen LogP contribution in [0.4, 0.5) is 5.69 Å². The van der Waals surface area contributed by atoms with E-state index in [1.165, 1.54) is 25.7 Å². The fourth-order valence-corrected chi connectivity index (χ4v) is 2.85. The second kappa shape index (κ2) is 10.7. The predicted molar refractivity (Wildman–Crippen MR) is 111 cm³/mol. The number of guanidine groups is 1. The lowest BCUT2D eigenvalue weighted by Gasteiger charge is -2.30. The van der Waals surface area contributed by atoms with E-state index in [0.717, 1.165) is 56.8 Å². The van der Waals surface area contributed by atoms with Gasteiger partial charge in [-0.2, -0.15) is 4.99 Å². The minimum Gasteiger partial charge on any atom is -0.378 e. The number of rotatable bonds is 1. The Hall–Kier alpha value is -1.15. The highest BCUT2D eigenvalue weighted by Crippen LogP contribution is 2.12. The standard InChI is InChI=1S/C18H26N4O.HI/c1-2-7-11-19-17(10-6-1)21-18(22-12-14-23-15-13-22)20-16-8-4-3-5-9-16;/h3-5,8-9H,1-2,6-7,10-15H2,(H,19,20,21);1H. The molecule has 24 heavy (non-hydrogen) atoms. The van der Waals surface area contributed by atoms with Gasteiger partial charge in [-0.15, -0.1) is 24.0 Å². The lowest BCUT2D eigenvalue weighted by atomic mass is 10.1. The van der Waals surface area contributed by atoms with E-state index in [2.05, 4.69) is 22.3 Å². The summed E-state index contributed by atoms with van der Waals surface area (Å²) in [6.07, 6.45) is 5.92. The van der Waals surface area contributed by atoms with E-state index in [1.807, 2.05) is 18.2 Å². The summed E-state index contributed by atoms with van der Waals surface area (Å²) >= 11 is 0. The Bertz CT molecular complexity index is 541. The Labute approximate surface area is 161 Å². The third-order valence-electron chi connectivity index (χ3n) is 4.18. The van der Waals surface area contributed by atoms with Crippen LogP contribution < -0.4 is 5.32 Å². The van der Waals surface area contributed by atoms with E-state index in [0.29, 0.717) is 0 Å². The molecule has 0 aromatic heterocycles. The van der Waals surface area contributed by atoms with Crippen LogP contribution in [0.25, 0.3) is 0 Å². The maximum atomic E-state index is 5.47. The average molecular weight is 442 g/mol. The Morgan fingerprint density at radius 3 is 2.58 bits per heavy atom. The van der Waals surface area contributed by atoms with Crippen LogP contribution in [0.3, 0.4) is 0 Å². The van der Waals surface area contributed by atoms with Crippen LogP contribution in [0.2, 0.25) is 0 Å². The molecule has 5 nitrogen and oxygen atoms in total. The van der Waals surface area contributed by atoms with E-state index in [-0.39, 0.29) is 24.0 Å². The van der Waals surface area contributed by atoms with E-state index >= 15 is 0 Å². The monoisotopic (exact) mass is 442 g/mol. The van der Waals surface area contributed by atoms with Crippen LogP contribution in [0.1, 0.15) is 32.1 Å². The average Bonchev–Trinajstić information content (AvgIpc) is 2.58. The molecule has 0 atom stereocenters. The summed E-state index contributed by atoms with van der Waals surface area (Å²) in [5.74, 6) is 1.88. The van der Waals surface area contributed by atoms with Crippen molar-refractivity contribution in [1.29, 1.82) is 0 Å². The zero-order chi connectivity index (χ0) is 15.7. The van der Waals surface area contributed by atoms with Crippen molar-refractivity contribution in [3.63, 3.8) is 0 Å². The minimum atomic E-state index is 0. The van der Waals surface area contributed by atoms with Gasteiger partial charge in [0.2, 0.25) is 5.96 Å². The van der Waals surface area contributed by atoms with Crippen molar-refractivity contribution in [2.45, 2.75) is 32.1 Å². The van der Waals surface area contributed by atoms with Gasteiger partial charge in [-0.1, -0.05) is 31.0 Å². The molecule has 2 heterocycles. The molecule has 0 saturated carbocycles. The fraction of sp³-hybridized carbons (Fsp3) is 0.556. The molecule has 132 valence electrons. The van der Waals surface area contributed by atoms with Gasteiger partial charge in [-0.25, -0.2) is 0 Å². The normalized spacial score (nSPS) is 19.6. The molecular formula is C18H27IN4O. The summed E-state index contributed by atoms with van der Waals surface area (Å²) in [7, 11) is 0. The number of hydrogen-bond acceptors (Lipinski definition) is 3. The topological polar surface area (TPSA) is 49.2 Å². The molecule has 0 bridgehead atoms. The highest BCUT2D eigenvalue weighted by molar-refractivity contribution is 14.0. The number of aliphatic imine (C=N–C) groups is 2. The van der Waals surface area contributed by atoms with Crippen molar-refractivity contribution in [3.8, 4) is 0 Å². The number of amidine groups is 1. The van der Waals surface area contributed by atoms with E-state index in [4.69, 9.17) is 14.7 Å². The maximum Gasteiger partial charge on any atom is 0.205 e. The van der Waals surface area contributed by atoms with Gasteiger partial charge in [0.05, 0.1) is 13.2 Å². The molecule has 2 aliphatic rings.